The molecule has 1 fully saturated rings. The first-order valence-electron chi connectivity index (χ1n) is 9.25. The number of halogens is 2. The Morgan fingerprint density at radius 2 is 2.07 bits per heavy atom. The molecule has 1 unspecified atom stereocenters. The van der Waals surface area contributed by atoms with Crippen LogP contribution >= 0.6 is 47.3 Å². The standard InChI is InChI=1S/C19H31ClN4OS.HI/c1-21-19(22-8-3-4-13-26-2)23-15-18(24-9-11-25-12-10-24)16-6-5-7-17(20)14-16;/h5-7,14,18H,3-4,8-13,15H2,1-2H3,(H2,21,22,23);1H. The zero-order chi connectivity index (χ0) is 18.6. The van der Waals surface area contributed by atoms with Crippen LogP contribution in [0.4, 0.5) is 0 Å². The maximum Gasteiger partial charge on any atom is 0.191 e. The maximum absolute atomic E-state index is 6.23. The fraction of sp³-hybridized carbons (Fsp3) is 0.632. The Morgan fingerprint density at radius 3 is 2.74 bits per heavy atom. The lowest BCUT2D eigenvalue weighted by atomic mass is 10.0. The molecule has 1 aliphatic heterocycles. The molecular weight excluding hydrogens is 495 g/mol. The summed E-state index contributed by atoms with van der Waals surface area (Å²) < 4.78 is 5.52. The van der Waals surface area contributed by atoms with Crippen molar-refractivity contribution < 1.29 is 4.74 Å². The number of benzene rings is 1. The molecule has 154 valence electrons. The minimum absolute atomic E-state index is 0. The van der Waals surface area contributed by atoms with E-state index in [2.05, 4.69) is 38.9 Å². The van der Waals surface area contributed by atoms with E-state index in [0.717, 1.165) is 56.8 Å². The molecule has 0 aromatic heterocycles. The number of unbranched alkanes of at least 4 members (excludes halogenated alkanes) is 1. The second kappa shape index (κ2) is 14.7. The average molecular weight is 527 g/mol. The molecule has 0 radical (unpaired) electrons. The molecule has 1 aromatic rings. The van der Waals surface area contributed by atoms with Crippen LogP contribution in [0.15, 0.2) is 29.3 Å². The SMILES string of the molecule is CN=C(NCCCCSC)NCC(c1cccc(Cl)c1)N1CCOCC1.I. The summed E-state index contributed by atoms with van der Waals surface area (Å²) in [4.78, 5) is 6.81. The highest BCUT2D eigenvalue weighted by atomic mass is 127. The van der Waals surface area contributed by atoms with E-state index in [4.69, 9.17) is 16.3 Å². The van der Waals surface area contributed by atoms with E-state index in [1.807, 2.05) is 30.9 Å². The Kier molecular flexibility index (Phi) is 13.5. The summed E-state index contributed by atoms with van der Waals surface area (Å²) in [5.41, 5.74) is 1.22. The first-order chi connectivity index (χ1) is 12.7. The smallest absolute Gasteiger partial charge is 0.191 e. The van der Waals surface area contributed by atoms with Gasteiger partial charge in [0, 0.05) is 38.2 Å². The highest BCUT2D eigenvalue weighted by Crippen LogP contribution is 2.23. The minimum atomic E-state index is 0. The summed E-state index contributed by atoms with van der Waals surface area (Å²) in [5, 5.41) is 7.67. The van der Waals surface area contributed by atoms with Gasteiger partial charge in [0.15, 0.2) is 5.96 Å². The summed E-state index contributed by atoms with van der Waals surface area (Å²) in [7, 11) is 1.82. The van der Waals surface area contributed by atoms with Gasteiger partial charge in [-0.05, 0) is 42.5 Å². The predicted molar refractivity (Wildman–Crippen MR) is 129 cm³/mol. The van der Waals surface area contributed by atoms with E-state index < -0.39 is 0 Å². The lowest BCUT2D eigenvalue weighted by Crippen LogP contribution is -2.46. The number of guanidine groups is 1. The molecule has 1 atom stereocenters. The number of hydrogen-bond donors (Lipinski definition) is 2. The van der Waals surface area contributed by atoms with Crippen LogP contribution in [0.1, 0.15) is 24.4 Å². The third kappa shape index (κ3) is 9.21. The summed E-state index contributed by atoms with van der Waals surface area (Å²) >= 11 is 8.12. The predicted octanol–water partition coefficient (Wildman–Crippen LogP) is 3.64. The number of aliphatic imine (C=N–C) groups is 1. The number of hydrogen-bond acceptors (Lipinski definition) is 4. The molecule has 2 N–H and O–H groups in total. The summed E-state index contributed by atoms with van der Waals surface area (Å²) in [5.74, 6) is 2.07. The Bertz CT molecular complexity index is 558. The van der Waals surface area contributed by atoms with E-state index in [0.29, 0.717) is 0 Å². The largest absolute Gasteiger partial charge is 0.379 e. The van der Waals surface area contributed by atoms with E-state index in [1.165, 1.54) is 17.7 Å². The number of thioether (sulfide) groups is 1. The minimum Gasteiger partial charge on any atom is -0.379 e. The van der Waals surface area contributed by atoms with Crippen LogP contribution in [0, 0.1) is 0 Å². The third-order valence-corrected chi connectivity index (χ3v) is 5.41. The van der Waals surface area contributed by atoms with Gasteiger partial charge < -0.3 is 15.4 Å². The molecule has 0 amide bonds. The number of morpholine rings is 1. The second-order valence-electron chi connectivity index (χ2n) is 6.30. The van der Waals surface area contributed by atoms with Gasteiger partial charge in [-0.1, -0.05) is 23.7 Å². The number of rotatable bonds is 9. The molecule has 0 bridgehead atoms. The van der Waals surface area contributed by atoms with Crippen LogP contribution in [0.3, 0.4) is 0 Å². The first-order valence-corrected chi connectivity index (χ1v) is 11.0. The fourth-order valence-electron chi connectivity index (χ4n) is 3.05. The van der Waals surface area contributed by atoms with Crippen LogP contribution in [-0.2, 0) is 4.74 Å². The number of ether oxygens (including phenoxy) is 1. The Balaban J connectivity index is 0.00000364. The zero-order valence-electron chi connectivity index (χ0n) is 16.2. The molecule has 0 aliphatic carbocycles. The maximum atomic E-state index is 6.23. The van der Waals surface area contributed by atoms with Crippen molar-refractivity contribution in [3.05, 3.63) is 34.9 Å². The van der Waals surface area contributed by atoms with E-state index in [-0.39, 0.29) is 30.0 Å². The van der Waals surface area contributed by atoms with Crippen molar-refractivity contribution in [2.45, 2.75) is 18.9 Å². The number of nitrogens with zero attached hydrogens (tertiary/aromatic N) is 2. The summed E-state index contributed by atoms with van der Waals surface area (Å²) in [6.07, 6.45) is 4.53. The van der Waals surface area contributed by atoms with Gasteiger partial charge >= 0.3 is 0 Å². The van der Waals surface area contributed by atoms with Crippen molar-refractivity contribution in [1.82, 2.24) is 15.5 Å². The lowest BCUT2D eigenvalue weighted by Gasteiger charge is -2.35. The molecule has 0 saturated carbocycles. The molecule has 0 spiro atoms. The highest BCUT2D eigenvalue weighted by molar-refractivity contribution is 14.0. The van der Waals surface area contributed by atoms with Gasteiger partial charge in [0.25, 0.3) is 0 Å². The van der Waals surface area contributed by atoms with E-state index in [1.54, 1.807) is 0 Å². The lowest BCUT2D eigenvalue weighted by molar-refractivity contribution is 0.0170. The normalized spacial score (nSPS) is 16.5. The molecule has 1 saturated heterocycles. The third-order valence-electron chi connectivity index (χ3n) is 4.47. The quantitative estimate of drug-likeness (QED) is 0.223. The molecule has 8 heteroatoms. The zero-order valence-corrected chi connectivity index (χ0v) is 20.2. The van der Waals surface area contributed by atoms with Crippen LogP contribution in [0.25, 0.3) is 0 Å². The highest BCUT2D eigenvalue weighted by Gasteiger charge is 2.23. The number of nitrogens with one attached hydrogen (secondary N) is 2. The van der Waals surface area contributed by atoms with Crippen molar-refractivity contribution in [1.29, 1.82) is 0 Å². The second-order valence-corrected chi connectivity index (χ2v) is 7.72. The molecule has 27 heavy (non-hydrogen) atoms. The van der Waals surface area contributed by atoms with Crippen molar-refractivity contribution in [3.63, 3.8) is 0 Å². The van der Waals surface area contributed by atoms with Crippen LogP contribution < -0.4 is 10.6 Å². The van der Waals surface area contributed by atoms with Gasteiger partial charge in [-0.3, -0.25) is 9.89 Å². The van der Waals surface area contributed by atoms with E-state index in [9.17, 15) is 0 Å². The summed E-state index contributed by atoms with van der Waals surface area (Å²) in [6.45, 7) is 5.14. The Labute approximate surface area is 190 Å². The van der Waals surface area contributed by atoms with Crippen LogP contribution in [-0.4, -0.2) is 69.3 Å². The molecule has 1 heterocycles. The van der Waals surface area contributed by atoms with Gasteiger partial charge in [0.05, 0.1) is 19.3 Å². The van der Waals surface area contributed by atoms with Crippen molar-refractivity contribution in [2.24, 2.45) is 4.99 Å². The van der Waals surface area contributed by atoms with E-state index >= 15 is 0 Å². The Morgan fingerprint density at radius 1 is 1.30 bits per heavy atom. The molecule has 5 nitrogen and oxygen atoms in total. The molecule has 1 aromatic carbocycles. The molecule has 1 aliphatic rings. The van der Waals surface area contributed by atoms with Gasteiger partial charge in [0.1, 0.15) is 0 Å². The van der Waals surface area contributed by atoms with Crippen molar-refractivity contribution in [2.75, 3.05) is 58.4 Å². The summed E-state index contributed by atoms with van der Waals surface area (Å²) in [6, 6.07) is 8.38. The van der Waals surface area contributed by atoms with Gasteiger partial charge in [-0.15, -0.1) is 24.0 Å². The fourth-order valence-corrected chi connectivity index (χ4v) is 3.74. The van der Waals surface area contributed by atoms with Crippen LogP contribution in [0.5, 0.6) is 0 Å². The van der Waals surface area contributed by atoms with Gasteiger partial charge in [0.2, 0.25) is 0 Å². The average Bonchev–Trinajstić information content (AvgIpc) is 2.67. The Hall–Kier alpha value is -0.220. The first kappa shape index (κ1) is 24.8. The molecular formula is C19H32ClIN4OS. The van der Waals surface area contributed by atoms with Crippen LogP contribution in [0.2, 0.25) is 5.02 Å². The monoisotopic (exact) mass is 526 g/mol. The molecule has 2 rings (SSSR count). The van der Waals surface area contributed by atoms with Gasteiger partial charge in [-0.2, -0.15) is 11.8 Å². The van der Waals surface area contributed by atoms with Crippen molar-refractivity contribution in [3.8, 4) is 0 Å². The van der Waals surface area contributed by atoms with Crippen molar-refractivity contribution >= 4 is 53.3 Å². The topological polar surface area (TPSA) is 48.9 Å². The van der Waals surface area contributed by atoms with Gasteiger partial charge in [-0.25, -0.2) is 0 Å².